The SMILES string of the molecule is COC(=O)c1cc(C)cc(C)c1CBr. The first kappa shape index (κ1) is 11.2. The Bertz CT molecular complexity index is 359. The Morgan fingerprint density at radius 2 is 2.07 bits per heavy atom. The van der Waals surface area contributed by atoms with Gasteiger partial charge in [-0.05, 0) is 36.6 Å². The van der Waals surface area contributed by atoms with Crippen molar-refractivity contribution in [3.8, 4) is 0 Å². The van der Waals surface area contributed by atoms with Crippen LogP contribution in [0.2, 0.25) is 0 Å². The summed E-state index contributed by atoms with van der Waals surface area (Å²) in [5.74, 6) is -0.272. The van der Waals surface area contributed by atoms with E-state index in [1.165, 1.54) is 7.11 Å². The number of carbonyl (C=O) groups is 1. The van der Waals surface area contributed by atoms with Crippen LogP contribution in [0.3, 0.4) is 0 Å². The zero-order valence-corrected chi connectivity index (χ0v) is 10.1. The van der Waals surface area contributed by atoms with E-state index in [1.54, 1.807) is 0 Å². The Kier molecular flexibility index (Phi) is 3.69. The number of benzene rings is 1. The summed E-state index contributed by atoms with van der Waals surface area (Å²) in [5, 5.41) is 0.670. The average Bonchev–Trinajstić information content (AvgIpc) is 2.15. The van der Waals surface area contributed by atoms with Crippen LogP contribution in [-0.4, -0.2) is 13.1 Å². The third-order valence-electron chi connectivity index (χ3n) is 2.16. The first-order valence-electron chi connectivity index (χ1n) is 4.34. The van der Waals surface area contributed by atoms with E-state index in [1.807, 2.05) is 19.9 Å². The Morgan fingerprint density at radius 3 is 2.57 bits per heavy atom. The molecule has 1 aromatic carbocycles. The number of ether oxygens (including phenoxy) is 1. The van der Waals surface area contributed by atoms with Gasteiger partial charge in [0.05, 0.1) is 12.7 Å². The molecule has 1 rings (SSSR count). The fraction of sp³-hybridized carbons (Fsp3) is 0.364. The minimum atomic E-state index is -0.272. The van der Waals surface area contributed by atoms with E-state index < -0.39 is 0 Å². The van der Waals surface area contributed by atoms with Crippen molar-refractivity contribution in [1.29, 1.82) is 0 Å². The Hall–Kier alpha value is -0.830. The van der Waals surface area contributed by atoms with Crippen molar-refractivity contribution in [1.82, 2.24) is 0 Å². The normalized spacial score (nSPS) is 10.0. The van der Waals surface area contributed by atoms with Gasteiger partial charge < -0.3 is 4.74 Å². The molecule has 1 aromatic rings. The average molecular weight is 257 g/mol. The van der Waals surface area contributed by atoms with Gasteiger partial charge in [-0.25, -0.2) is 4.79 Å². The summed E-state index contributed by atoms with van der Waals surface area (Å²) in [6.07, 6.45) is 0. The number of hydrogen-bond acceptors (Lipinski definition) is 2. The molecule has 14 heavy (non-hydrogen) atoms. The van der Waals surface area contributed by atoms with E-state index in [0.717, 1.165) is 16.7 Å². The van der Waals surface area contributed by atoms with Crippen LogP contribution >= 0.6 is 15.9 Å². The fourth-order valence-electron chi connectivity index (χ4n) is 1.47. The molecule has 0 aromatic heterocycles. The number of carbonyl (C=O) groups excluding carboxylic acids is 1. The lowest BCUT2D eigenvalue weighted by molar-refractivity contribution is 0.0599. The molecule has 0 aliphatic rings. The largest absolute Gasteiger partial charge is 0.465 e. The van der Waals surface area contributed by atoms with Crippen molar-refractivity contribution in [3.05, 3.63) is 34.4 Å². The van der Waals surface area contributed by atoms with Gasteiger partial charge in [-0.3, -0.25) is 0 Å². The summed E-state index contributed by atoms with van der Waals surface area (Å²) in [6.45, 7) is 3.97. The van der Waals surface area contributed by atoms with Crippen LogP contribution in [0.1, 0.15) is 27.0 Å². The van der Waals surface area contributed by atoms with E-state index in [9.17, 15) is 4.79 Å². The second-order valence-electron chi connectivity index (χ2n) is 3.23. The molecule has 0 spiro atoms. The van der Waals surface area contributed by atoms with Crippen molar-refractivity contribution in [3.63, 3.8) is 0 Å². The van der Waals surface area contributed by atoms with Crippen LogP contribution in [0.4, 0.5) is 0 Å². The number of halogens is 1. The lowest BCUT2D eigenvalue weighted by Gasteiger charge is -2.09. The van der Waals surface area contributed by atoms with Crippen molar-refractivity contribution in [2.75, 3.05) is 7.11 Å². The molecule has 0 atom stereocenters. The van der Waals surface area contributed by atoms with Crippen molar-refractivity contribution < 1.29 is 9.53 Å². The molecule has 0 saturated heterocycles. The summed E-state index contributed by atoms with van der Waals surface area (Å²) in [6, 6.07) is 3.92. The number of hydrogen-bond donors (Lipinski definition) is 0. The highest BCUT2D eigenvalue weighted by atomic mass is 79.9. The highest BCUT2D eigenvalue weighted by molar-refractivity contribution is 9.08. The molecule has 3 heteroatoms. The molecule has 0 bridgehead atoms. The van der Waals surface area contributed by atoms with Crippen LogP contribution in [-0.2, 0) is 10.1 Å². The van der Waals surface area contributed by atoms with Crippen LogP contribution in [0.15, 0.2) is 12.1 Å². The summed E-state index contributed by atoms with van der Waals surface area (Å²) in [5.41, 5.74) is 3.85. The molecule has 0 N–H and O–H groups in total. The maximum Gasteiger partial charge on any atom is 0.338 e. The van der Waals surface area contributed by atoms with Crippen LogP contribution < -0.4 is 0 Å². The topological polar surface area (TPSA) is 26.3 Å². The predicted octanol–water partition coefficient (Wildman–Crippen LogP) is 2.98. The molecule has 0 unspecified atom stereocenters. The van der Waals surface area contributed by atoms with E-state index >= 15 is 0 Å². The number of esters is 1. The molecule has 0 radical (unpaired) electrons. The monoisotopic (exact) mass is 256 g/mol. The smallest absolute Gasteiger partial charge is 0.338 e. The third kappa shape index (κ3) is 2.15. The number of aryl methyl sites for hydroxylation is 2. The van der Waals surface area contributed by atoms with Crippen molar-refractivity contribution in [2.24, 2.45) is 0 Å². The number of methoxy groups -OCH3 is 1. The highest BCUT2D eigenvalue weighted by Crippen LogP contribution is 2.20. The standard InChI is InChI=1S/C11H13BrO2/c1-7-4-8(2)10(6-12)9(5-7)11(13)14-3/h4-5H,6H2,1-3H3. The minimum absolute atomic E-state index is 0.272. The van der Waals surface area contributed by atoms with Crippen LogP contribution in [0.25, 0.3) is 0 Å². The fourth-order valence-corrected chi connectivity index (χ4v) is 2.21. The van der Waals surface area contributed by atoms with Crippen molar-refractivity contribution >= 4 is 21.9 Å². The van der Waals surface area contributed by atoms with Gasteiger partial charge in [0.15, 0.2) is 0 Å². The molecule has 0 amide bonds. The zero-order valence-electron chi connectivity index (χ0n) is 8.56. The van der Waals surface area contributed by atoms with Crippen molar-refractivity contribution in [2.45, 2.75) is 19.2 Å². The van der Waals surface area contributed by atoms with Gasteiger partial charge in [0, 0.05) is 5.33 Å². The maximum absolute atomic E-state index is 11.5. The quantitative estimate of drug-likeness (QED) is 0.601. The Morgan fingerprint density at radius 1 is 1.43 bits per heavy atom. The molecular formula is C11H13BrO2. The summed E-state index contributed by atoms with van der Waals surface area (Å²) in [7, 11) is 1.40. The molecular weight excluding hydrogens is 244 g/mol. The van der Waals surface area contributed by atoms with Gasteiger partial charge in [0.25, 0.3) is 0 Å². The van der Waals surface area contributed by atoms with Gasteiger partial charge in [-0.2, -0.15) is 0 Å². The van der Waals surface area contributed by atoms with Crippen LogP contribution in [0.5, 0.6) is 0 Å². The lowest BCUT2D eigenvalue weighted by atomic mass is 10.0. The predicted molar refractivity (Wildman–Crippen MR) is 59.9 cm³/mol. The van der Waals surface area contributed by atoms with E-state index in [-0.39, 0.29) is 5.97 Å². The third-order valence-corrected chi connectivity index (χ3v) is 2.72. The first-order chi connectivity index (χ1) is 6.60. The molecule has 0 aliphatic heterocycles. The zero-order chi connectivity index (χ0) is 10.7. The summed E-state index contributed by atoms with van der Waals surface area (Å²) < 4.78 is 4.73. The molecule has 76 valence electrons. The van der Waals surface area contributed by atoms with Gasteiger partial charge in [-0.1, -0.05) is 22.0 Å². The van der Waals surface area contributed by atoms with E-state index in [2.05, 4.69) is 22.0 Å². The van der Waals surface area contributed by atoms with Gasteiger partial charge in [-0.15, -0.1) is 0 Å². The molecule has 2 nitrogen and oxygen atoms in total. The highest BCUT2D eigenvalue weighted by Gasteiger charge is 2.13. The van der Waals surface area contributed by atoms with E-state index in [4.69, 9.17) is 4.74 Å². The van der Waals surface area contributed by atoms with E-state index in [0.29, 0.717) is 10.9 Å². The summed E-state index contributed by atoms with van der Waals surface area (Å²) >= 11 is 3.37. The molecule has 0 fully saturated rings. The van der Waals surface area contributed by atoms with Gasteiger partial charge >= 0.3 is 5.97 Å². The second-order valence-corrected chi connectivity index (χ2v) is 3.79. The maximum atomic E-state index is 11.5. The Balaban J connectivity index is 3.32. The molecule has 0 saturated carbocycles. The number of rotatable bonds is 2. The Labute approximate surface area is 92.4 Å². The van der Waals surface area contributed by atoms with Gasteiger partial charge in [0.2, 0.25) is 0 Å². The lowest BCUT2D eigenvalue weighted by Crippen LogP contribution is -2.06. The van der Waals surface area contributed by atoms with Gasteiger partial charge in [0.1, 0.15) is 0 Å². The second kappa shape index (κ2) is 4.60. The number of alkyl halides is 1. The molecule has 0 aliphatic carbocycles. The summed E-state index contributed by atoms with van der Waals surface area (Å²) in [4.78, 5) is 11.5. The minimum Gasteiger partial charge on any atom is -0.465 e. The molecule has 0 heterocycles. The first-order valence-corrected chi connectivity index (χ1v) is 5.46. The van der Waals surface area contributed by atoms with Crippen LogP contribution in [0, 0.1) is 13.8 Å².